The number of amides is 3. The minimum absolute atomic E-state index is 0.0275. The Morgan fingerprint density at radius 1 is 1.03 bits per heavy atom. The number of nitrogens with zero attached hydrogens (tertiary/aromatic N) is 1. The van der Waals surface area contributed by atoms with E-state index in [0.29, 0.717) is 32.5 Å². The molecule has 2 aliphatic heterocycles. The number of rotatable bonds is 4. The fraction of sp³-hybridized carbons (Fsp3) is 0.318. The van der Waals surface area contributed by atoms with E-state index in [9.17, 15) is 14.4 Å². The number of carbonyl (C=O) groups excluding carboxylic acids is 3. The van der Waals surface area contributed by atoms with Gasteiger partial charge in [0.05, 0.1) is 5.69 Å². The summed E-state index contributed by atoms with van der Waals surface area (Å²) in [5.41, 5.74) is 1.81. The molecule has 2 aromatic carbocycles. The lowest BCUT2D eigenvalue weighted by molar-refractivity contribution is -0.137. The summed E-state index contributed by atoms with van der Waals surface area (Å²) in [5.74, 6) is -0.525. The predicted molar refractivity (Wildman–Crippen MR) is 112 cm³/mol. The Morgan fingerprint density at radius 3 is 2.48 bits per heavy atom. The number of nitrogens with one attached hydrogen (secondary N) is 2. The molecule has 0 saturated carbocycles. The van der Waals surface area contributed by atoms with E-state index in [0.717, 1.165) is 16.1 Å². The van der Waals surface area contributed by atoms with E-state index in [1.54, 1.807) is 4.90 Å². The Bertz CT molecular complexity index is 911. The van der Waals surface area contributed by atoms with Gasteiger partial charge in [-0.25, -0.2) is 0 Å². The zero-order chi connectivity index (χ0) is 20.2. The van der Waals surface area contributed by atoms with Gasteiger partial charge in [0.1, 0.15) is 0 Å². The molecule has 0 spiro atoms. The molecule has 1 atom stereocenters. The molecule has 7 heteroatoms. The van der Waals surface area contributed by atoms with Crippen LogP contribution in [-0.4, -0.2) is 41.0 Å². The van der Waals surface area contributed by atoms with E-state index in [1.807, 2.05) is 54.6 Å². The van der Waals surface area contributed by atoms with Gasteiger partial charge in [0.25, 0.3) is 0 Å². The monoisotopic (exact) mass is 409 g/mol. The quantitative estimate of drug-likeness (QED) is 0.761. The second kappa shape index (κ2) is 8.69. The molecule has 0 unspecified atom stereocenters. The number of anilines is 1. The maximum atomic E-state index is 12.9. The number of hydrogen-bond donors (Lipinski definition) is 2. The average Bonchev–Trinajstić information content (AvgIpc) is 2.77. The van der Waals surface area contributed by atoms with Crippen LogP contribution >= 0.6 is 11.8 Å². The lowest BCUT2D eigenvalue weighted by Gasteiger charge is -2.34. The zero-order valence-electron chi connectivity index (χ0n) is 16.0. The first-order chi connectivity index (χ1) is 14.1. The van der Waals surface area contributed by atoms with Crippen molar-refractivity contribution < 1.29 is 14.4 Å². The highest BCUT2D eigenvalue weighted by Gasteiger charge is 2.37. The molecular formula is C22H23N3O3S. The van der Waals surface area contributed by atoms with Gasteiger partial charge in [-0.3, -0.25) is 14.4 Å². The second-order valence-electron chi connectivity index (χ2n) is 7.29. The Morgan fingerprint density at radius 2 is 1.72 bits per heavy atom. The molecular weight excluding hydrogens is 386 g/mol. The highest BCUT2D eigenvalue weighted by Crippen LogP contribution is 2.36. The first kappa shape index (κ1) is 19.5. The van der Waals surface area contributed by atoms with Crippen molar-refractivity contribution in [1.82, 2.24) is 10.2 Å². The van der Waals surface area contributed by atoms with Crippen LogP contribution in [0, 0.1) is 5.92 Å². The van der Waals surface area contributed by atoms with Crippen LogP contribution < -0.4 is 10.6 Å². The van der Waals surface area contributed by atoms with Gasteiger partial charge >= 0.3 is 0 Å². The molecule has 150 valence electrons. The van der Waals surface area contributed by atoms with Crippen molar-refractivity contribution >= 4 is 35.2 Å². The van der Waals surface area contributed by atoms with Crippen LogP contribution in [0.4, 0.5) is 5.69 Å². The van der Waals surface area contributed by atoms with Crippen LogP contribution in [-0.2, 0) is 20.9 Å². The third kappa shape index (κ3) is 4.45. The molecule has 2 N–H and O–H groups in total. The normalized spacial score (nSPS) is 19.2. The molecule has 0 aromatic heterocycles. The molecule has 2 aliphatic rings. The SMILES string of the molecule is O=C(NCc1ccccc1)C1CCN(C(=O)[C@@H]2Sc3ccccc3NC2=O)CC1. The average molecular weight is 410 g/mol. The first-order valence-electron chi connectivity index (χ1n) is 9.79. The minimum atomic E-state index is -0.770. The highest BCUT2D eigenvalue weighted by molar-refractivity contribution is 8.01. The van der Waals surface area contributed by atoms with Gasteiger partial charge in [0, 0.05) is 30.4 Å². The van der Waals surface area contributed by atoms with Crippen molar-refractivity contribution in [1.29, 1.82) is 0 Å². The van der Waals surface area contributed by atoms with Gasteiger partial charge in [-0.1, -0.05) is 42.5 Å². The zero-order valence-corrected chi connectivity index (χ0v) is 16.8. The van der Waals surface area contributed by atoms with Crippen molar-refractivity contribution in [2.24, 2.45) is 5.92 Å². The minimum Gasteiger partial charge on any atom is -0.352 e. The van der Waals surface area contributed by atoms with Crippen LogP contribution in [0.3, 0.4) is 0 Å². The van der Waals surface area contributed by atoms with E-state index < -0.39 is 5.25 Å². The van der Waals surface area contributed by atoms with Gasteiger partial charge < -0.3 is 15.5 Å². The van der Waals surface area contributed by atoms with Crippen LogP contribution in [0.5, 0.6) is 0 Å². The highest BCUT2D eigenvalue weighted by atomic mass is 32.2. The first-order valence-corrected chi connectivity index (χ1v) is 10.7. The van der Waals surface area contributed by atoms with Gasteiger partial charge in [-0.05, 0) is 30.5 Å². The number of para-hydroxylation sites is 1. The van der Waals surface area contributed by atoms with Gasteiger partial charge in [0.15, 0.2) is 5.25 Å². The van der Waals surface area contributed by atoms with Crippen molar-refractivity contribution in [3.8, 4) is 0 Å². The smallest absolute Gasteiger partial charge is 0.247 e. The summed E-state index contributed by atoms with van der Waals surface area (Å²) in [6, 6.07) is 17.3. The molecule has 0 radical (unpaired) electrons. The summed E-state index contributed by atoms with van der Waals surface area (Å²) in [6.45, 7) is 1.50. The van der Waals surface area contributed by atoms with E-state index in [2.05, 4.69) is 10.6 Å². The standard InChI is InChI=1S/C22H23N3O3S/c26-20(23-14-15-6-2-1-3-7-15)16-10-12-25(13-11-16)22(28)19-21(27)24-17-8-4-5-9-18(17)29-19/h1-9,16,19H,10-14H2,(H,23,26)(H,24,27)/t19-/m1/s1. The molecule has 0 bridgehead atoms. The summed E-state index contributed by atoms with van der Waals surface area (Å²) in [4.78, 5) is 40.4. The molecule has 29 heavy (non-hydrogen) atoms. The third-order valence-electron chi connectivity index (χ3n) is 5.34. The number of piperidine rings is 1. The Kier molecular flexibility index (Phi) is 5.85. The van der Waals surface area contributed by atoms with E-state index in [1.165, 1.54) is 11.8 Å². The summed E-state index contributed by atoms with van der Waals surface area (Å²) < 4.78 is 0. The molecule has 2 heterocycles. The fourth-order valence-electron chi connectivity index (χ4n) is 3.67. The number of carbonyl (C=O) groups is 3. The second-order valence-corrected chi connectivity index (χ2v) is 8.43. The summed E-state index contributed by atoms with van der Waals surface area (Å²) >= 11 is 1.30. The fourth-order valence-corrected chi connectivity index (χ4v) is 4.74. The summed E-state index contributed by atoms with van der Waals surface area (Å²) in [6.07, 6.45) is 1.23. The lowest BCUT2D eigenvalue weighted by Crippen LogP contribution is -2.49. The number of hydrogen-bond acceptors (Lipinski definition) is 4. The molecule has 0 aliphatic carbocycles. The number of benzene rings is 2. The summed E-state index contributed by atoms with van der Waals surface area (Å²) in [5, 5.41) is 5.03. The Balaban J connectivity index is 1.29. The largest absolute Gasteiger partial charge is 0.352 e. The van der Waals surface area contributed by atoms with Crippen molar-refractivity contribution in [3.05, 3.63) is 60.2 Å². The Labute approximate surface area is 174 Å². The molecule has 1 saturated heterocycles. The van der Waals surface area contributed by atoms with Gasteiger partial charge in [-0.2, -0.15) is 0 Å². The van der Waals surface area contributed by atoms with Gasteiger partial charge in [-0.15, -0.1) is 11.8 Å². The topological polar surface area (TPSA) is 78.5 Å². The predicted octanol–water partition coefficient (Wildman–Crippen LogP) is 2.65. The number of fused-ring (bicyclic) bond motifs is 1. The van der Waals surface area contributed by atoms with Crippen molar-refractivity contribution in [2.75, 3.05) is 18.4 Å². The van der Waals surface area contributed by atoms with Crippen molar-refractivity contribution in [3.63, 3.8) is 0 Å². The lowest BCUT2D eigenvalue weighted by atomic mass is 9.95. The maximum absolute atomic E-state index is 12.9. The molecule has 4 rings (SSSR count). The number of thioether (sulfide) groups is 1. The van der Waals surface area contributed by atoms with Crippen LogP contribution in [0.1, 0.15) is 18.4 Å². The van der Waals surface area contributed by atoms with E-state index >= 15 is 0 Å². The summed E-state index contributed by atoms with van der Waals surface area (Å²) in [7, 11) is 0. The Hall–Kier alpha value is -2.80. The van der Waals surface area contributed by atoms with E-state index in [4.69, 9.17) is 0 Å². The van der Waals surface area contributed by atoms with E-state index in [-0.39, 0.29) is 23.6 Å². The van der Waals surface area contributed by atoms with Crippen molar-refractivity contribution in [2.45, 2.75) is 29.5 Å². The third-order valence-corrected chi connectivity index (χ3v) is 6.60. The van der Waals surface area contributed by atoms with Crippen LogP contribution in [0.25, 0.3) is 0 Å². The van der Waals surface area contributed by atoms with Crippen LogP contribution in [0.2, 0.25) is 0 Å². The van der Waals surface area contributed by atoms with Crippen LogP contribution in [0.15, 0.2) is 59.5 Å². The maximum Gasteiger partial charge on any atom is 0.247 e. The molecule has 6 nitrogen and oxygen atoms in total. The molecule has 3 amide bonds. The number of likely N-dealkylation sites (tertiary alicyclic amines) is 1. The molecule has 1 fully saturated rings. The van der Waals surface area contributed by atoms with Gasteiger partial charge in [0.2, 0.25) is 17.7 Å². The molecule has 2 aromatic rings.